The van der Waals surface area contributed by atoms with E-state index in [0.29, 0.717) is 42.7 Å². The van der Waals surface area contributed by atoms with Gasteiger partial charge in [-0.15, -0.1) is 0 Å². The van der Waals surface area contributed by atoms with Crippen LogP contribution in [0.5, 0.6) is 11.5 Å². The smallest absolute Gasteiger partial charge is 0.232 e. The van der Waals surface area contributed by atoms with Gasteiger partial charge in [0, 0.05) is 25.1 Å². The molecule has 7 nitrogen and oxygen atoms in total. The van der Waals surface area contributed by atoms with Gasteiger partial charge in [0.25, 0.3) is 0 Å². The molecule has 7 heteroatoms. The molecule has 0 spiro atoms. The zero-order chi connectivity index (χ0) is 20.4. The van der Waals surface area contributed by atoms with Gasteiger partial charge in [-0.25, -0.2) is 0 Å². The monoisotopic (exact) mass is 393 g/mol. The van der Waals surface area contributed by atoms with Crippen molar-refractivity contribution in [2.24, 2.45) is 0 Å². The van der Waals surface area contributed by atoms with Crippen molar-refractivity contribution in [2.75, 3.05) is 20.8 Å². The van der Waals surface area contributed by atoms with Crippen LogP contribution < -0.4 is 9.47 Å². The molecule has 1 amide bonds. The van der Waals surface area contributed by atoms with E-state index in [9.17, 15) is 4.79 Å². The largest absolute Gasteiger partial charge is 0.493 e. The van der Waals surface area contributed by atoms with Crippen LogP contribution in [0, 0.1) is 6.92 Å². The SMILES string of the molecule is COc1ccc(-c2noc(C3CC(=O)N(Cc4ccccc4C)C3)n2)cc1OC. The molecular weight excluding hydrogens is 370 g/mol. The summed E-state index contributed by atoms with van der Waals surface area (Å²) in [6, 6.07) is 13.6. The summed E-state index contributed by atoms with van der Waals surface area (Å²) in [5, 5.41) is 4.10. The number of hydrogen-bond acceptors (Lipinski definition) is 6. The van der Waals surface area contributed by atoms with Gasteiger partial charge >= 0.3 is 0 Å². The van der Waals surface area contributed by atoms with Crippen LogP contribution in [-0.4, -0.2) is 41.7 Å². The topological polar surface area (TPSA) is 77.7 Å². The number of nitrogens with zero attached hydrogens (tertiary/aromatic N) is 3. The van der Waals surface area contributed by atoms with E-state index in [1.807, 2.05) is 23.1 Å². The number of hydrogen-bond donors (Lipinski definition) is 0. The Bertz CT molecular complexity index is 1030. The van der Waals surface area contributed by atoms with Gasteiger partial charge in [-0.2, -0.15) is 4.98 Å². The summed E-state index contributed by atoms with van der Waals surface area (Å²) < 4.78 is 16.1. The summed E-state index contributed by atoms with van der Waals surface area (Å²) in [5.41, 5.74) is 3.09. The Morgan fingerprint density at radius 2 is 1.93 bits per heavy atom. The molecule has 0 saturated carbocycles. The second kappa shape index (κ2) is 7.95. The third-order valence-corrected chi connectivity index (χ3v) is 5.27. The van der Waals surface area contributed by atoms with E-state index in [1.165, 1.54) is 5.56 Å². The lowest BCUT2D eigenvalue weighted by Gasteiger charge is -2.17. The minimum Gasteiger partial charge on any atom is -0.493 e. The molecule has 1 unspecified atom stereocenters. The quantitative estimate of drug-likeness (QED) is 0.637. The number of aryl methyl sites for hydroxylation is 1. The lowest BCUT2D eigenvalue weighted by molar-refractivity contribution is -0.128. The number of amides is 1. The van der Waals surface area contributed by atoms with Gasteiger partial charge in [-0.1, -0.05) is 29.4 Å². The molecule has 0 radical (unpaired) electrons. The Kier molecular flexibility index (Phi) is 5.20. The van der Waals surface area contributed by atoms with Crippen LogP contribution in [-0.2, 0) is 11.3 Å². The molecular formula is C22H23N3O4. The molecule has 3 aromatic rings. The molecule has 0 aliphatic carbocycles. The Hall–Kier alpha value is -3.35. The number of benzene rings is 2. The summed E-state index contributed by atoms with van der Waals surface area (Å²) in [6.45, 7) is 3.22. The average Bonchev–Trinajstić information content (AvgIpc) is 3.36. The normalized spacial score (nSPS) is 16.3. The summed E-state index contributed by atoms with van der Waals surface area (Å²) in [7, 11) is 3.17. The highest BCUT2D eigenvalue weighted by Crippen LogP contribution is 2.33. The molecule has 1 fully saturated rings. The number of methoxy groups -OCH3 is 2. The van der Waals surface area contributed by atoms with Crippen LogP contribution in [0.4, 0.5) is 0 Å². The summed E-state index contributed by atoms with van der Waals surface area (Å²) in [4.78, 5) is 18.9. The Balaban J connectivity index is 1.50. The molecule has 4 rings (SSSR count). The molecule has 1 saturated heterocycles. The molecule has 0 N–H and O–H groups in total. The van der Waals surface area contributed by atoms with Crippen molar-refractivity contribution in [1.82, 2.24) is 15.0 Å². The van der Waals surface area contributed by atoms with Crippen molar-refractivity contribution < 1.29 is 18.8 Å². The number of aromatic nitrogens is 2. The molecule has 1 aliphatic rings. The van der Waals surface area contributed by atoms with Gasteiger partial charge in [0.2, 0.25) is 17.6 Å². The van der Waals surface area contributed by atoms with Crippen LogP contribution in [0.3, 0.4) is 0 Å². The van der Waals surface area contributed by atoms with E-state index in [0.717, 1.165) is 11.1 Å². The maximum absolute atomic E-state index is 12.5. The number of likely N-dealkylation sites (tertiary alicyclic amines) is 1. The fourth-order valence-corrected chi connectivity index (χ4v) is 3.58. The van der Waals surface area contributed by atoms with Gasteiger partial charge in [-0.05, 0) is 36.2 Å². The number of carbonyl (C=O) groups is 1. The highest BCUT2D eigenvalue weighted by atomic mass is 16.5. The van der Waals surface area contributed by atoms with Crippen molar-refractivity contribution in [2.45, 2.75) is 25.8 Å². The predicted molar refractivity (Wildman–Crippen MR) is 107 cm³/mol. The molecule has 2 heterocycles. The first-order valence-electron chi connectivity index (χ1n) is 9.47. The van der Waals surface area contributed by atoms with E-state index in [4.69, 9.17) is 14.0 Å². The Morgan fingerprint density at radius 3 is 2.69 bits per heavy atom. The van der Waals surface area contributed by atoms with Crippen LogP contribution in [0.25, 0.3) is 11.4 Å². The fourth-order valence-electron chi connectivity index (χ4n) is 3.58. The molecule has 1 aliphatic heterocycles. The maximum Gasteiger partial charge on any atom is 0.232 e. The highest BCUT2D eigenvalue weighted by molar-refractivity contribution is 5.79. The van der Waals surface area contributed by atoms with E-state index >= 15 is 0 Å². The van der Waals surface area contributed by atoms with Gasteiger partial charge < -0.3 is 18.9 Å². The fraction of sp³-hybridized carbons (Fsp3) is 0.318. The van der Waals surface area contributed by atoms with E-state index in [2.05, 4.69) is 29.2 Å². The first kappa shape index (κ1) is 19.0. The van der Waals surface area contributed by atoms with Crippen LogP contribution in [0.1, 0.15) is 29.4 Å². The second-order valence-electron chi connectivity index (χ2n) is 7.13. The molecule has 1 aromatic heterocycles. The lowest BCUT2D eigenvalue weighted by atomic mass is 10.1. The zero-order valence-electron chi connectivity index (χ0n) is 16.7. The number of ether oxygens (including phenoxy) is 2. The first-order valence-corrected chi connectivity index (χ1v) is 9.47. The van der Waals surface area contributed by atoms with Crippen LogP contribution >= 0.6 is 0 Å². The lowest BCUT2D eigenvalue weighted by Crippen LogP contribution is -2.24. The van der Waals surface area contributed by atoms with E-state index < -0.39 is 0 Å². The van der Waals surface area contributed by atoms with Crippen molar-refractivity contribution in [3.05, 3.63) is 59.5 Å². The minimum atomic E-state index is -0.104. The van der Waals surface area contributed by atoms with Gasteiger partial charge in [-0.3, -0.25) is 4.79 Å². The van der Waals surface area contributed by atoms with E-state index in [-0.39, 0.29) is 11.8 Å². The van der Waals surface area contributed by atoms with Gasteiger partial charge in [0.05, 0.1) is 20.1 Å². The standard InChI is InChI=1S/C22H23N3O4/c1-14-6-4-5-7-16(14)12-25-13-17(11-20(25)26)22-23-21(24-29-22)15-8-9-18(27-2)19(10-15)28-3/h4-10,17H,11-13H2,1-3H3. The molecule has 0 bridgehead atoms. The number of carbonyl (C=O) groups excluding carboxylic acids is 1. The van der Waals surface area contributed by atoms with Crippen molar-refractivity contribution >= 4 is 5.91 Å². The van der Waals surface area contributed by atoms with Crippen molar-refractivity contribution in [1.29, 1.82) is 0 Å². The van der Waals surface area contributed by atoms with Gasteiger partial charge in [0.15, 0.2) is 11.5 Å². The Labute approximate surface area is 169 Å². The summed E-state index contributed by atoms with van der Waals surface area (Å²) in [5.74, 6) is 2.17. The highest BCUT2D eigenvalue weighted by Gasteiger charge is 2.34. The van der Waals surface area contributed by atoms with Crippen molar-refractivity contribution in [3.63, 3.8) is 0 Å². The van der Waals surface area contributed by atoms with E-state index in [1.54, 1.807) is 26.4 Å². The van der Waals surface area contributed by atoms with Gasteiger partial charge in [0.1, 0.15) is 0 Å². The van der Waals surface area contributed by atoms with Crippen LogP contribution in [0.2, 0.25) is 0 Å². The predicted octanol–water partition coefficient (Wildman–Crippen LogP) is 3.58. The average molecular weight is 393 g/mol. The van der Waals surface area contributed by atoms with Crippen molar-refractivity contribution in [3.8, 4) is 22.9 Å². The third-order valence-electron chi connectivity index (χ3n) is 5.27. The third kappa shape index (κ3) is 3.81. The Morgan fingerprint density at radius 1 is 1.14 bits per heavy atom. The molecule has 150 valence electrons. The summed E-state index contributed by atoms with van der Waals surface area (Å²) in [6.07, 6.45) is 0.374. The second-order valence-corrected chi connectivity index (χ2v) is 7.13. The molecule has 1 atom stereocenters. The first-order chi connectivity index (χ1) is 14.1. The van der Waals surface area contributed by atoms with Crippen LogP contribution in [0.15, 0.2) is 47.0 Å². The summed E-state index contributed by atoms with van der Waals surface area (Å²) >= 11 is 0. The minimum absolute atomic E-state index is 0.101. The molecule has 2 aromatic carbocycles. The maximum atomic E-state index is 12.5. The number of rotatable bonds is 6. The zero-order valence-corrected chi connectivity index (χ0v) is 16.7. The molecule has 29 heavy (non-hydrogen) atoms.